The third-order valence-corrected chi connectivity index (χ3v) is 4.13. The van der Waals surface area contributed by atoms with Crippen LogP contribution >= 0.6 is 11.8 Å². The molecule has 0 spiro atoms. The number of hydrogen-bond donors (Lipinski definition) is 1. The van der Waals surface area contributed by atoms with Gasteiger partial charge in [-0.25, -0.2) is 9.97 Å². The summed E-state index contributed by atoms with van der Waals surface area (Å²) in [5.74, 6) is 0.796. The molecular formula is C12H19N3S. The summed E-state index contributed by atoms with van der Waals surface area (Å²) in [6, 6.07) is 2.56. The third kappa shape index (κ3) is 2.88. The molecule has 0 saturated heterocycles. The van der Waals surface area contributed by atoms with Crippen LogP contribution in [0.2, 0.25) is 0 Å². The maximum atomic E-state index is 4.42. The molecule has 1 heterocycles. The number of thioether (sulfide) groups is 1. The van der Waals surface area contributed by atoms with Crippen molar-refractivity contribution < 1.29 is 0 Å². The van der Waals surface area contributed by atoms with Gasteiger partial charge in [0.25, 0.3) is 0 Å². The Morgan fingerprint density at radius 1 is 1.25 bits per heavy atom. The largest absolute Gasteiger partial charge is 0.351 e. The lowest BCUT2D eigenvalue weighted by Crippen LogP contribution is -2.18. The Kier molecular flexibility index (Phi) is 3.69. The van der Waals surface area contributed by atoms with Gasteiger partial charge in [0, 0.05) is 22.7 Å². The Morgan fingerprint density at radius 3 is 2.50 bits per heavy atom. The van der Waals surface area contributed by atoms with Crippen molar-refractivity contribution in [3.05, 3.63) is 17.5 Å². The second kappa shape index (κ2) is 5.04. The molecule has 0 radical (unpaired) electrons. The number of aromatic nitrogens is 2. The molecule has 16 heavy (non-hydrogen) atoms. The summed E-state index contributed by atoms with van der Waals surface area (Å²) in [6.45, 7) is 4.03. The SMILES string of the molecule is CSC1CCC(Nc2nc(C)cc(C)n2)C1. The van der Waals surface area contributed by atoms with Crippen molar-refractivity contribution in [3.8, 4) is 0 Å². The Morgan fingerprint density at radius 2 is 1.94 bits per heavy atom. The maximum absolute atomic E-state index is 4.42. The molecule has 2 atom stereocenters. The zero-order valence-electron chi connectivity index (χ0n) is 10.2. The van der Waals surface area contributed by atoms with Gasteiger partial charge in [-0.3, -0.25) is 0 Å². The summed E-state index contributed by atoms with van der Waals surface area (Å²) in [5.41, 5.74) is 2.07. The fourth-order valence-corrected chi connectivity index (χ4v) is 3.05. The van der Waals surface area contributed by atoms with Crippen molar-refractivity contribution in [3.63, 3.8) is 0 Å². The lowest BCUT2D eigenvalue weighted by atomic mass is 10.2. The topological polar surface area (TPSA) is 37.8 Å². The van der Waals surface area contributed by atoms with E-state index >= 15 is 0 Å². The molecular weight excluding hydrogens is 218 g/mol. The van der Waals surface area contributed by atoms with E-state index < -0.39 is 0 Å². The second-order valence-electron chi connectivity index (χ2n) is 4.49. The molecule has 2 rings (SSSR count). The van der Waals surface area contributed by atoms with Crippen LogP contribution in [0.5, 0.6) is 0 Å². The highest BCUT2D eigenvalue weighted by atomic mass is 32.2. The van der Waals surface area contributed by atoms with E-state index in [2.05, 4.69) is 21.5 Å². The van der Waals surface area contributed by atoms with Gasteiger partial charge in [0.15, 0.2) is 0 Å². The van der Waals surface area contributed by atoms with Crippen LogP contribution in [0.25, 0.3) is 0 Å². The van der Waals surface area contributed by atoms with Crippen LogP contribution in [0, 0.1) is 13.8 Å². The monoisotopic (exact) mass is 237 g/mol. The molecule has 0 aliphatic heterocycles. The Bertz CT molecular complexity index is 347. The van der Waals surface area contributed by atoms with Gasteiger partial charge in [0.2, 0.25) is 5.95 Å². The van der Waals surface area contributed by atoms with E-state index in [9.17, 15) is 0 Å². The number of rotatable bonds is 3. The van der Waals surface area contributed by atoms with Gasteiger partial charge in [-0.1, -0.05) is 0 Å². The highest BCUT2D eigenvalue weighted by molar-refractivity contribution is 7.99. The minimum absolute atomic E-state index is 0.554. The predicted molar refractivity (Wildman–Crippen MR) is 70.1 cm³/mol. The van der Waals surface area contributed by atoms with Crippen LogP contribution in [-0.4, -0.2) is 27.5 Å². The molecule has 0 aromatic carbocycles. The molecule has 4 heteroatoms. The normalized spacial score (nSPS) is 24.7. The van der Waals surface area contributed by atoms with Crippen LogP contribution in [0.1, 0.15) is 30.7 Å². The number of hydrogen-bond acceptors (Lipinski definition) is 4. The number of nitrogens with one attached hydrogen (secondary N) is 1. The molecule has 1 aliphatic rings. The fourth-order valence-electron chi connectivity index (χ4n) is 2.26. The van der Waals surface area contributed by atoms with E-state index in [1.54, 1.807) is 0 Å². The first-order valence-corrected chi connectivity index (χ1v) is 7.08. The molecule has 1 fully saturated rings. The second-order valence-corrected chi connectivity index (χ2v) is 5.62. The highest BCUT2D eigenvalue weighted by Gasteiger charge is 2.24. The molecule has 1 saturated carbocycles. The number of aryl methyl sites for hydroxylation is 2. The third-order valence-electron chi connectivity index (χ3n) is 3.03. The Balaban J connectivity index is 1.99. The van der Waals surface area contributed by atoms with Gasteiger partial charge in [0.05, 0.1) is 0 Å². The smallest absolute Gasteiger partial charge is 0.223 e. The zero-order chi connectivity index (χ0) is 11.5. The standard InChI is InChI=1S/C12H19N3S/c1-8-6-9(2)14-12(13-8)15-10-4-5-11(7-10)16-3/h6,10-11H,4-5,7H2,1-3H3,(H,13,14,15). The lowest BCUT2D eigenvalue weighted by molar-refractivity contribution is 0.743. The number of nitrogens with zero attached hydrogens (tertiary/aromatic N) is 2. The van der Waals surface area contributed by atoms with Crippen molar-refractivity contribution >= 4 is 17.7 Å². The summed E-state index contributed by atoms with van der Waals surface area (Å²) in [6.07, 6.45) is 5.98. The van der Waals surface area contributed by atoms with Gasteiger partial charge in [-0.15, -0.1) is 0 Å². The maximum Gasteiger partial charge on any atom is 0.223 e. The summed E-state index contributed by atoms with van der Waals surface area (Å²) in [4.78, 5) is 8.84. The molecule has 2 unspecified atom stereocenters. The minimum atomic E-state index is 0.554. The van der Waals surface area contributed by atoms with Crippen LogP contribution < -0.4 is 5.32 Å². The van der Waals surface area contributed by atoms with E-state index in [0.29, 0.717) is 6.04 Å². The van der Waals surface area contributed by atoms with Gasteiger partial charge in [0.1, 0.15) is 0 Å². The zero-order valence-corrected chi connectivity index (χ0v) is 11.0. The van der Waals surface area contributed by atoms with Gasteiger partial charge in [-0.2, -0.15) is 11.8 Å². The van der Waals surface area contributed by atoms with Crippen LogP contribution in [0.4, 0.5) is 5.95 Å². The molecule has 1 aromatic heterocycles. The first-order valence-electron chi connectivity index (χ1n) is 5.79. The van der Waals surface area contributed by atoms with Gasteiger partial charge < -0.3 is 5.32 Å². The molecule has 0 bridgehead atoms. The van der Waals surface area contributed by atoms with Crippen LogP contribution in [0.3, 0.4) is 0 Å². The average Bonchev–Trinajstić information content (AvgIpc) is 2.64. The first kappa shape index (κ1) is 11.7. The van der Waals surface area contributed by atoms with E-state index in [0.717, 1.165) is 22.6 Å². The van der Waals surface area contributed by atoms with Gasteiger partial charge in [-0.05, 0) is 45.4 Å². The van der Waals surface area contributed by atoms with E-state index in [4.69, 9.17) is 0 Å². The van der Waals surface area contributed by atoms with Crippen molar-refractivity contribution in [2.24, 2.45) is 0 Å². The Labute approximate surface area is 101 Å². The summed E-state index contributed by atoms with van der Waals surface area (Å²) in [5, 5.41) is 4.26. The molecule has 1 aromatic rings. The highest BCUT2D eigenvalue weighted by Crippen LogP contribution is 2.29. The molecule has 0 amide bonds. The molecule has 1 N–H and O–H groups in total. The summed E-state index contributed by atoms with van der Waals surface area (Å²) in [7, 11) is 0. The Hall–Kier alpha value is -0.770. The van der Waals surface area contributed by atoms with E-state index in [1.165, 1.54) is 19.3 Å². The van der Waals surface area contributed by atoms with Crippen LogP contribution in [0.15, 0.2) is 6.07 Å². The van der Waals surface area contributed by atoms with Crippen LogP contribution in [-0.2, 0) is 0 Å². The van der Waals surface area contributed by atoms with Crippen molar-refractivity contribution in [1.82, 2.24) is 9.97 Å². The van der Waals surface area contributed by atoms with Gasteiger partial charge >= 0.3 is 0 Å². The van der Waals surface area contributed by atoms with Crippen molar-refractivity contribution in [2.45, 2.75) is 44.4 Å². The summed E-state index contributed by atoms with van der Waals surface area (Å²) < 4.78 is 0. The lowest BCUT2D eigenvalue weighted by Gasteiger charge is -2.13. The molecule has 1 aliphatic carbocycles. The van der Waals surface area contributed by atoms with Crippen molar-refractivity contribution in [2.75, 3.05) is 11.6 Å². The van der Waals surface area contributed by atoms with Crippen molar-refractivity contribution in [1.29, 1.82) is 0 Å². The molecule has 3 nitrogen and oxygen atoms in total. The number of anilines is 1. The van der Waals surface area contributed by atoms with E-state index in [-0.39, 0.29) is 0 Å². The van der Waals surface area contributed by atoms with E-state index in [1.807, 2.05) is 31.7 Å². The average molecular weight is 237 g/mol. The minimum Gasteiger partial charge on any atom is -0.351 e. The predicted octanol–water partition coefficient (Wildman–Crippen LogP) is 2.79. The quantitative estimate of drug-likeness (QED) is 0.877. The fraction of sp³-hybridized carbons (Fsp3) is 0.667. The molecule has 88 valence electrons. The summed E-state index contributed by atoms with van der Waals surface area (Å²) >= 11 is 1.97. The first-order chi connectivity index (χ1) is 7.67.